The molecule has 0 aromatic heterocycles. The maximum Gasteiger partial charge on any atom is 0.317 e. The predicted octanol–water partition coefficient (Wildman–Crippen LogP) is 1.69. The summed E-state index contributed by atoms with van der Waals surface area (Å²) in [4.78, 5) is 23.6. The van der Waals surface area contributed by atoms with E-state index in [0.717, 1.165) is 0 Å². The summed E-state index contributed by atoms with van der Waals surface area (Å²) in [6.07, 6.45) is 0.217. The second kappa shape index (κ2) is 6.98. The van der Waals surface area contributed by atoms with Crippen molar-refractivity contribution >= 4 is 29.2 Å². The van der Waals surface area contributed by atoms with Crippen molar-refractivity contribution in [3.8, 4) is 0 Å². The fourth-order valence-electron chi connectivity index (χ4n) is 1.38. The summed E-state index contributed by atoms with van der Waals surface area (Å²) in [7, 11) is 1.65. The van der Waals surface area contributed by atoms with Crippen molar-refractivity contribution in [2.45, 2.75) is 6.42 Å². The summed E-state index contributed by atoms with van der Waals surface area (Å²) in [5.41, 5.74) is 0.560. The van der Waals surface area contributed by atoms with E-state index in [2.05, 4.69) is 5.32 Å². The summed E-state index contributed by atoms with van der Waals surface area (Å²) in [6.45, 7) is 0.294. The first-order valence-corrected chi connectivity index (χ1v) is 5.81. The maximum absolute atomic E-state index is 11.6. The number of benzene rings is 1. The van der Waals surface area contributed by atoms with Crippen molar-refractivity contribution in [2.75, 3.05) is 25.5 Å². The predicted molar refractivity (Wildman–Crippen MR) is 69.8 cm³/mol. The zero-order valence-electron chi connectivity index (χ0n) is 10.0. The molecule has 1 aromatic carbocycles. The molecule has 0 radical (unpaired) electrons. The number of anilines is 1. The highest BCUT2D eigenvalue weighted by Gasteiger charge is 2.08. The van der Waals surface area contributed by atoms with Gasteiger partial charge >= 0.3 is 5.97 Å². The van der Waals surface area contributed by atoms with Crippen LogP contribution in [0.5, 0.6) is 0 Å². The fourth-order valence-corrected chi connectivity index (χ4v) is 1.56. The largest absolute Gasteiger partial charge is 0.480 e. The number of amides is 1. The van der Waals surface area contributed by atoms with Crippen molar-refractivity contribution in [2.24, 2.45) is 0 Å². The van der Waals surface area contributed by atoms with E-state index in [1.807, 2.05) is 0 Å². The van der Waals surface area contributed by atoms with E-state index in [-0.39, 0.29) is 18.9 Å². The van der Waals surface area contributed by atoms with Gasteiger partial charge in [0.25, 0.3) is 0 Å². The summed E-state index contributed by atoms with van der Waals surface area (Å²) >= 11 is 5.90. The average molecular weight is 271 g/mol. The van der Waals surface area contributed by atoms with Crippen LogP contribution in [0.2, 0.25) is 5.02 Å². The van der Waals surface area contributed by atoms with E-state index in [0.29, 0.717) is 17.3 Å². The molecule has 0 saturated carbocycles. The Balaban J connectivity index is 2.39. The Kier molecular flexibility index (Phi) is 5.61. The highest BCUT2D eigenvalue weighted by molar-refractivity contribution is 6.33. The molecule has 0 fully saturated rings. The van der Waals surface area contributed by atoms with Crippen LogP contribution in [-0.4, -0.2) is 42.0 Å². The number of halogens is 1. The SMILES string of the molecule is CN(CCC(=O)Nc1ccccc1Cl)CC(=O)O. The number of carboxylic acids is 1. The summed E-state index contributed by atoms with van der Waals surface area (Å²) in [6, 6.07) is 6.95. The molecule has 1 aromatic rings. The molecule has 0 saturated heterocycles. The molecule has 1 amide bonds. The molecule has 0 bridgehead atoms. The second-order valence-corrected chi connectivity index (χ2v) is 4.32. The summed E-state index contributed by atoms with van der Waals surface area (Å²) in [5.74, 6) is -1.11. The molecule has 0 spiro atoms. The van der Waals surface area contributed by atoms with Gasteiger partial charge in [0.05, 0.1) is 17.3 Å². The van der Waals surface area contributed by atoms with Gasteiger partial charge in [0.15, 0.2) is 0 Å². The molecule has 0 aliphatic carbocycles. The molecule has 0 atom stereocenters. The molecule has 1 rings (SSSR count). The number of hydrogen-bond acceptors (Lipinski definition) is 3. The van der Waals surface area contributed by atoms with Crippen LogP contribution < -0.4 is 5.32 Å². The fraction of sp³-hybridized carbons (Fsp3) is 0.333. The van der Waals surface area contributed by atoms with Gasteiger partial charge in [0.2, 0.25) is 5.91 Å². The van der Waals surface area contributed by atoms with Gasteiger partial charge in [0.1, 0.15) is 0 Å². The Morgan fingerprint density at radius 3 is 2.67 bits per heavy atom. The number of rotatable bonds is 6. The minimum absolute atomic E-state index is 0.0840. The van der Waals surface area contributed by atoms with Gasteiger partial charge in [-0.05, 0) is 19.2 Å². The maximum atomic E-state index is 11.6. The average Bonchev–Trinajstić information content (AvgIpc) is 2.29. The third kappa shape index (κ3) is 5.16. The molecular weight excluding hydrogens is 256 g/mol. The van der Waals surface area contributed by atoms with Gasteiger partial charge in [-0.1, -0.05) is 23.7 Å². The minimum Gasteiger partial charge on any atom is -0.480 e. The first-order chi connectivity index (χ1) is 8.49. The molecule has 6 heteroatoms. The lowest BCUT2D eigenvalue weighted by Crippen LogP contribution is -2.29. The number of carbonyl (C=O) groups is 2. The van der Waals surface area contributed by atoms with E-state index >= 15 is 0 Å². The second-order valence-electron chi connectivity index (χ2n) is 3.91. The number of carboxylic acid groups (broad SMARTS) is 1. The van der Waals surface area contributed by atoms with Gasteiger partial charge in [-0.3, -0.25) is 14.5 Å². The Morgan fingerprint density at radius 1 is 1.39 bits per heavy atom. The minimum atomic E-state index is -0.913. The smallest absolute Gasteiger partial charge is 0.317 e. The number of nitrogens with one attached hydrogen (secondary N) is 1. The van der Waals surface area contributed by atoms with Crippen LogP contribution in [0.1, 0.15) is 6.42 Å². The van der Waals surface area contributed by atoms with Gasteiger partial charge in [-0.25, -0.2) is 0 Å². The number of para-hydroxylation sites is 1. The van der Waals surface area contributed by atoms with Crippen molar-refractivity contribution < 1.29 is 14.7 Å². The van der Waals surface area contributed by atoms with E-state index in [9.17, 15) is 9.59 Å². The van der Waals surface area contributed by atoms with Crippen LogP contribution >= 0.6 is 11.6 Å². The van der Waals surface area contributed by atoms with Crippen LogP contribution in [0.25, 0.3) is 0 Å². The molecule has 18 heavy (non-hydrogen) atoms. The van der Waals surface area contributed by atoms with E-state index in [1.54, 1.807) is 36.2 Å². The summed E-state index contributed by atoms with van der Waals surface area (Å²) in [5, 5.41) is 11.7. The zero-order valence-corrected chi connectivity index (χ0v) is 10.8. The molecule has 0 unspecified atom stereocenters. The van der Waals surface area contributed by atoms with Crippen molar-refractivity contribution in [1.82, 2.24) is 4.90 Å². The Hall–Kier alpha value is -1.59. The zero-order chi connectivity index (χ0) is 13.5. The normalized spacial score (nSPS) is 10.4. The topological polar surface area (TPSA) is 69.6 Å². The first kappa shape index (κ1) is 14.5. The summed E-state index contributed by atoms with van der Waals surface area (Å²) < 4.78 is 0. The molecule has 98 valence electrons. The van der Waals surface area contributed by atoms with Gasteiger partial charge < -0.3 is 10.4 Å². The highest BCUT2D eigenvalue weighted by Crippen LogP contribution is 2.20. The lowest BCUT2D eigenvalue weighted by atomic mass is 10.3. The number of carbonyl (C=O) groups excluding carboxylic acids is 1. The van der Waals surface area contributed by atoms with E-state index in [4.69, 9.17) is 16.7 Å². The number of nitrogens with zero attached hydrogens (tertiary/aromatic N) is 1. The van der Waals surface area contributed by atoms with Gasteiger partial charge in [-0.15, -0.1) is 0 Å². The Morgan fingerprint density at radius 2 is 2.06 bits per heavy atom. The molecule has 5 nitrogen and oxygen atoms in total. The molecule has 0 aliphatic heterocycles. The number of hydrogen-bond donors (Lipinski definition) is 2. The van der Waals surface area contributed by atoms with Crippen LogP contribution in [-0.2, 0) is 9.59 Å². The quantitative estimate of drug-likeness (QED) is 0.825. The van der Waals surface area contributed by atoms with Crippen LogP contribution in [0.3, 0.4) is 0 Å². The highest BCUT2D eigenvalue weighted by atomic mass is 35.5. The molecule has 0 aliphatic rings. The van der Waals surface area contributed by atoms with Crippen LogP contribution in [0.15, 0.2) is 24.3 Å². The van der Waals surface area contributed by atoms with Crippen LogP contribution in [0.4, 0.5) is 5.69 Å². The third-order valence-corrected chi connectivity index (χ3v) is 2.60. The third-order valence-electron chi connectivity index (χ3n) is 2.27. The number of likely N-dealkylation sites (N-methyl/N-ethyl adjacent to an activating group) is 1. The monoisotopic (exact) mass is 270 g/mol. The lowest BCUT2D eigenvalue weighted by Gasteiger charge is -2.13. The number of aliphatic carboxylic acids is 1. The van der Waals surface area contributed by atoms with Crippen LogP contribution in [0, 0.1) is 0 Å². The Bertz CT molecular complexity index is 437. The lowest BCUT2D eigenvalue weighted by molar-refractivity contribution is -0.138. The van der Waals surface area contributed by atoms with Crippen molar-refractivity contribution in [1.29, 1.82) is 0 Å². The standard InChI is InChI=1S/C12H15ClN2O3/c1-15(8-12(17)18)7-6-11(16)14-10-5-3-2-4-9(10)13/h2-5H,6-8H2,1H3,(H,14,16)(H,17,18). The van der Waals surface area contributed by atoms with Crippen molar-refractivity contribution in [3.05, 3.63) is 29.3 Å². The van der Waals surface area contributed by atoms with E-state index in [1.165, 1.54) is 0 Å². The first-order valence-electron chi connectivity index (χ1n) is 5.43. The van der Waals surface area contributed by atoms with Gasteiger partial charge in [-0.2, -0.15) is 0 Å². The molecule has 2 N–H and O–H groups in total. The van der Waals surface area contributed by atoms with E-state index < -0.39 is 5.97 Å². The van der Waals surface area contributed by atoms with Crippen molar-refractivity contribution in [3.63, 3.8) is 0 Å². The Labute approximate surface area is 110 Å². The molecular formula is C12H15ClN2O3. The van der Waals surface area contributed by atoms with Gasteiger partial charge in [0, 0.05) is 13.0 Å². The molecule has 0 heterocycles.